The Hall–Kier alpha value is -3.85. The van der Waals surface area contributed by atoms with E-state index in [1.165, 1.54) is 34.4 Å². The predicted octanol–water partition coefficient (Wildman–Crippen LogP) is 3.78. The zero-order valence-electron chi connectivity index (χ0n) is 15.6. The van der Waals surface area contributed by atoms with Crippen molar-refractivity contribution in [1.82, 2.24) is 9.55 Å². The number of rotatable bonds is 6. The molecule has 9 heteroatoms. The molecular formula is C21H15N3O5S. The number of carbonyl (C=O) groups excluding carboxylic acids is 1. The van der Waals surface area contributed by atoms with Gasteiger partial charge < -0.3 is 4.74 Å². The van der Waals surface area contributed by atoms with E-state index in [1.807, 2.05) is 30.3 Å². The second-order valence-electron chi connectivity index (χ2n) is 6.46. The number of nitro groups is 1. The summed E-state index contributed by atoms with van der Waals surface area (Å²) in [5.41, 5.74) is 1.73. The number of non-ortho nitro benzene ring substituents is 1. The van der Waals surface area contributed by atoms with Gasteiger partial charge in [-0.3, -0.25) is 24.3 Å². The SMILES string of the molecule is O=C(Cn1cnc2scc(-c3ccc([N+](=O)[O-])cc3)c2c1=O)OCc1ccccc1. The summed E-state index contributed by atoms with van der Waals surface area (Å²) in [6.45, 7) is -0.138. The Balaban J connectivity index is 1.59. The highest BCUT2D eigenvalue weighted by Crippen LogP contribution is 2.31. The molecule has 0 aliphatic rings. The van der Waals surface area contributed by atoms with Crippen molar-refractivity contribution in [1.29, 1.82) is 0 Å². The van der Waals surface area contributed by atoms with Crippen LogP contribution in [-0.2, 0) is 22.7 Å². The molecule has 0 radical (unpaired) electrons. The third-order valence-corrected chi connectivity index (χ3v) is 5.38. The van der Waals surface area contributed by atoms with Crippen molar-refractivity contribution in [2.75, 3.05) is 0 Å². The Labute approximate surface area is 174 Å². The van der Waals surface area contributed by atoms with Gasteiger partial charge in [-0.15, -0.1) is 11.3 Å². The summed E-state index contributed by atoms with van der Waals surface area (Å²) < 4.78 is 6.45. The highest BCUT2D eigenvalue weighted by molar-refractivity contribution is 7.17. The van der Waals surface area contributed by atoms with Crippen LogP contribution < -0.4 is 5.56 Å². The average molecular weight is 421 g/mol. The summed E-state index contributed by atoms with van der Waals surface area (Å²) in [7, 11) is 0. The lowest BCUT2D eigenvalue weighted by atomic mass is 10.1. The van der Waals surface area contributed by atoms with Crippen LogP contribution in [0.3, 0.4) is 0 Å². The molecule has 150 valence electrons. The fourth-order valence-corrected chi connectivity index (χ4v) is 3.88. The number of aromatic nitrogens is 2. The Morgan fingerprint density at radius 2 is 1.87 bits per heavy atom. The third-order valence-electron chi connectivity index (χ3n) is 4.49. The summed E-state index contributed by atoms with van der Waals surface area (Å²) in [6.07, 6.45) is 1.32. The normalized spacial score (nSPS) is 10.8. The van der Waals surface area contributed by atoms with Crippen LogP contribution in [0.15, 0.2) is 71.1 Å². The molecule has 0 unspecified atom stereocenters. The van der Waals surface area contributed by atoms with Gasteiger partial charge in [-0.2, -0.15) is 0 Å². The summed E-state index contributed by atoms with van der Waals surface area (Å²) in [5.74, 6) is -0.547. The molecule has 30 heavy (non-hydrogen) atoms. The van der Waals surface area contributed by atoms with Crippen LogP contribution in [-0.4, -0.2) is 20.4 Å². The van der Waals surface area contributed by atoms with Crippen molar-refractivity contribution in [3.63, 3.8) is 0 Å². The molecule has 0 amide bonds. The van der Waals surface area contributed by atoms with E-state index < -0.39 is 10.9 Å². The number of hydrogen-bond acceptors (Lipinski definition) is 7. The van der Waals surface area contributed by atoms with Crippen LogP contribution in [0.5, 0.6) is 0 Å². The van der Waals surface area contributed by atoms with Crippen molar-refractivity contribution in [2.45, 2.75) is 13.2 Å². The standard InChI is InChI=1S/C21H15N3O5S/c25-18(29-11-14-4-2-1-3-5-14)10-23-13-22-20-19(21(23)26)17(12-30-20)15-6-8-16(9-7-15)24(27)28/h1-9,12-13H,10-11H2. The van der Waals surface area contributed by atoms with Gasteiger partial charge in [0.2, 0.25) is 0 Å². The Morgan fingerprint density at radius 1 is 1.13 bits per heavy atom. The first-order valence-corrected chi connectivity index (χ1v) is 9.82. The number of esters is 1. The second kappa shape index (κ2) is 8.26. The molecule has 0 atom stereocenters. The van der Waals surface area contributed by atoms with E-state index in [0.717, 1.165) is 5.56 Å². The minimum Gasteiger partial charge on any atom is -0.459 e. The zero-order chi connectivity index (χ0) is 21.1. The fraction of sp³-hybridized carbons (Fsp3) is 0.0952. The first kappa shape index (κ1) is 19.5. The Morgan fingerprint density at radius 3 is 2.57 bits per heavy atom. The number of hydrogen-bond donors (Lipinski definition) is 0. The van der Waals surface area contributed by atoms with Crippen LogP contribution in [0, 0.1) is 10.1 Å². The number of carbonyl (C=O) groups is 1. The first-order chi connectivity index (χ1) is 14.5. The largest absolute Gasteiger partial charge is 0.459 e. The van der Waals surface area contributed by atoms with Crippen molar-refractivity contribution in [2.24, 2.45) is 0 Å². The lowest BCUT2D eigenvalue weighted by Gasteiger charge is -2.07. The van der Waals surface area contributed by atoms with Gasteiger partial charge in [0.1, 0.15) is 18.0 Å². The number of fused-ring (bicyclic) bond motifs is 1. The topological polar surface area (TPSA) is 104 Å². The summed E-state index contributed by atoms with van der Waals surface area (Å²) in [4.78, 5) is 40.4. The van der Waals surface area contributed by atoms with E-state index in [0.29, 0.717) is 21.3 Å². The number of thiophene rings is 1. The molecular weight excluding hydrogens is 406 g/mol. The number of nitrogens with zero attached hydrogens (tertiary/aromatic N) is 3. The minimum absolute atomic E-state index is 0.0324. The van der Waals surface area contributed by atoms with Gasteiger partial charge in [-0.25, -0.2) is 4.98 Å². The smallest absolute Gasteiger partial charge is 0.326 e. The molecule has 4 rings (SSSR count). The number of ether oxygens (including phenoxy) is 1. The lowest BCUT2D eigenvalue weighted by molar-refractivity contribution is -0.384. The van der Waals surface area contributed by atoms with Crippen molar-refractivity contribution >= 4 is 33.2 Å². The van der Waals surface area contributed by atoms with Crippen LogP contribution in [0.4, 0.5) is 5.69 Å². The second-order valence-corrected chi connectivity index (χ2v) is 7.32. The van der Waals surface area contributed by atoms with E-state index in [9.17, 15) is 19.7 Å². The maximum atomic E-state index is 13.0. The lowest BCUT2D eigenvalue weighted by Crippen LogP contribution is -2.25. The molecule has 2 aromatic carbocycles. The Bertz CT molecular complexity index is 1280. The molecule has 4 aromatic rings. The predicted molar refractivity (Wildman–Crippen MR) is 112 cm³/mol. The van der Waals surface area contributed by atoms with E-state index in [-0.39, 0.29) is 24.4 Å². The van der Waals surface area contributed by atoms with E-state index in [4.69, 9.17) is 4.74 Å². The maximum Gasteiger partial charge on any atom is 0.326 e. The van der Waals surface area contributed by atoms with E-state index in [1.54, 1.807) is 17.5 Å². The van der Waals surface area contributed by atoms with Gasteiger partial charge >= 0.3 is 5.97 Å². The molecule has 0 spiro atoms. The van der Waals surface area contributed by atoms with E-state index >= 15 is 0 Å². The molecule has 0 aliphatic heterocycles. The molecule has 0 saturated carbocycles. The quantitative estimate of drug-likeness (QED) is 0.267. The maximum absolute atomic E-state index is 13.0. The molecule has 0 aliphatic carbocycles. The summed E-state index contributed by atoms with van der Waals surface area (Å²) in [6, 6.07) is 15.2. The van der Waals surface area contributed by atoms with Crippen molar-refractivity contribution < 1.29 is 14.5 Å². The van der Waals surface area contributed by atoms with Gasteiger partial charge in [0.25, 0.3) is 11.2 Å². The van der Waals surface area contributed by atoms with Crippen LogP contribution >= 0.6 is 11.3 Å². The molecule has 2 aromatic heterocycles. The van der Waals surface area contributed by atoms with Crippen LogP contribution in [0.1, 0.15) is 5.56 Å². The highest BCUT2D eigenvalue weighted by atomic mass is 32.1. The molecule has 2 heterocycles. The van der Waals surface area contributed by atoms with Crippen LogP contribution in [0.25, 0.3) is 21.3 Å². The molecule has 0 saturated heterocycles. The van der Waals surface area contributed by atoms with Gasteiger partial charge in [-0.1, -0.05) is 30.3 Å². The van der Waals surface area contributed by atoms with Gasteiger partial charge in [0.05, 0.1) is 16.6 Å². The summed E-state index contributed by atoms with van der Waals surface area (Å²) >= 11 is 1.29. The van der Waals surface area contributed by atoms with Crippen molar-refractivity contribution in [3.8, 4) is 11.1 Å². The molecule has 8 nitrogen and oxygen atoms in total. The van der Waals surface area contributed by atoms with Crippen LogP contribution in [0.2, 0.25) is 0 Å². The fourth-order valence-electron chi connectivity index (χ4n) is 2.98. The number of nitro benzene ring substituents is 1. The molecule has 0 fully saturated rings. The van der Waals surface area contributed by atoms with Gasteiger partial charge in [0, 0.05) is 23.1 Å². The highest BCUT2D eigenvalue weighted by Gasteiger charge is 2.16. The van der Waals surface area contributed by atoms with Crippen molar-refractivity contribution in [3.05, 3.63) is 92.3 Å². The summed E-state index contributed by atoms with van der Waals surface area (Å²) in [5, 5.41) is 13.0. The Kier molecular flexibility index (Phi) is 5.36. The van der Waals surface area contributed by atoms with Gasteiger partial charge in [-0.05, 0) is 23.3 Å². The third kappa shape index (κ3) is 3.96. The molecule has 0 bridgehead atoms. The zero-order valence-corrected chi connectivity index (χ0v) is 16.4. The number of benzene rings is 2. The first-order valence-electron chi connectivity index (χ1n) is 8.94. The van der Waals surface area contributed by atoms with Gasteiger partial charge in [0.15, 0.2) is 0 Å². The minimum atomic E-state index is -0.547. The molecule has 0 N–H and O–H groups in total. The average Bonchev–Trinajstić information content (AvgIpc) is 3.20. The monoisotopic (exact) mass is 421 g/mol. The van der Waals surface area contributed by atoms with E-state index in [2.05, 4.69) is 4.98 Å².